The van der Waals surface area contributed by atoms with E-state index in [0.717, 1.165) is 6.42 Å². The number of Topliss-reactive ketones (excluding diaryl/α,β-unsaturated/α-hetero) is 1. The first-order valence-corrected chi connectivity index (χ1v) is 3.96. The van der Waals surface area contributed by atoms with Crippen molar-refractivity contribution in [3.05, 3.63) is 0 Å². The smallest absolute Gasteiger partial charge is 0.130 e. The second-order valence-corrected chi connectivity index (χ2v) is 3.64. The summed E-state index contributed by atoms with van der Waals surface area (Å²) in [7, 11) is 6.00. The third-order valence-corrected chi connectivity index (χ3v) is 0.696. The molecule has 0 aliphatic heterocycles. The van der Waals surface area contributed by atoms with Gasteiger partial charge in [-0.3, -0.25) is 0 Å². The van der Waals surface area contributed by atoms with E-state index in [1.807, 2.05) is 39.9 Å². The van der Waals surface area contributed by atoms with Gasteiger partial charge in [0.1, 0.15) is 5.78 Å². The maximum absolute atomic E-state index is 10.3. The molecule has 0 aliphatic rings. The predicted molar refractivity (Wildman–Crippen MR) is 49.7 cm³/mol. The fourth-order valence-corrected chi connectivity index (χ4v) is 0.575. The lowest BCUT2D eigenvalue weighted by Gasteiger charge is -1.95. The molecule has 2 heteroatoms. The molecule has 0 aromatic rings. The summed E-state index contributed by atoms with van der Waals surface area (Å²) >= 11 is 0. The highest BCUT2D eigenvalue weighted by atomic mass is 16.1. The van der Waals surface area contributed by atoms with Gasteiger partial charge in [-0.2, -0.15) is 0 Å². The van der Waals surface area contributed by atoms with Crippen LogP contribution in [0.1, 0.15) is 27.2 Å². The molecular formula is C9H21NO. The van der Waals surface area contributed by atoms with E-state index < -0.39 is 0 Å². The maximum Gasteiger partial charge on any atom is 0.130 e. The minimum atomic E-state index is 0.287. The zero-order valence-electron chi connectivity index (χ0n) is 8.64. The maximum atomic E-state index is 10.3. The van der Waals surface area contributed by atoms with Crippen molar-refractivity contribution >= 4 is 5.78 Å². The van der Waals surface area contributed by atoms with Crippen LogP contribution in [-0.4, -0.2) is 31.8 Å². The summed E-state index contributed by atoms with van der Waals surface area (Å²) in [6.07, 6.45) is 0.722. The Bertz CT molecular complexity index is 95.0. The molecule has 0 saturated heterocycles. The molecule has 0 aliphatic carbocycles. The van der Waals surface area contributed by atoms with Crippen molar-refractivity contribution in [2.75, 3.05) is 21.1 Å². The lowest BCUT2D eigenvalue weighted by atomic mass is 10.1. The van der Waals surface area contributed by atoms with Crippen LogP contribution in [0.3, 0.4) is 0 Å². The molecule has 2 nitrogen and oxygen atoms in total. The van der Waals surface area contributed by atoms with Gasteiger partial charge in [0.25, 0.3) is 0 Å². The highest BCUT2D eigenvalue weighted by Gasteiger charge is 1.95. The Hall–Kier alpha value is -0.370. The predicted octanol–water partition coefficient (Wildman–Crippen LogP) is 1.80. The highest BCUT2D eigenvalue weighted by molar-refractivity contribution is 5.75. The lowest BCUT2D eigenvalue weighted by Crippen LogP contribution is -1.99. The summed E-state index contributed by atoms with van der Waals surface area (Å²) in [5.74, 6) is 0.813. The number of nitrogens with zero attached hydrogens (tertiary/aromatic N) is 1. The molecule has 0 unspecified atom stereocenters. The van der Waals surface area contributed by atoms with Crippen molar-refractivity contribution in [1.82, 2.24) is 4.90 Å². The van der Waals surface area contributed by atoms with Gasteiger partial charge in [0, 0.05) is 6.42 Å². The first-order valence-electron chi connectivity index (χ1n) is 3.96. The van der Waals surface area contributed by atoms with Gasteiger partial charge in [0.15, 0.2) is 0 Å². The standard InChI is InChI=1S/C6H12O.C3H9N/c1-5(2)4-6(3)7;1-4(2)3/h5H,4H2,1-3H3;1-3H3. The molecule has 0 heterocycles. The van der Waals surface area contributed by atoms with Crippen LogP contribution in [0.4, 0.5) is 0 Å². The van der Waals surface area contributed by atoms with Gasteiger partial charge in [-0.1, -0.05) is 13.8 Å². The van der Waals surface area contributed by atoms with Gasteiger partial charge in [-0.15, -0.1) is 0 Å². The van der Waals surface area contributed by atoms with Crippen LogP contribution >= 0.6 is 0 Å². The number of hydrogen-bond acceptors (Lipinski definition) is 2. The normalized spacial score (nSPS) is 9.45. The first-order chi connectivity index (χ1) is 4.86. The minimum absolute atomic E-state index is 0.287. The van der Waals surface area contributed by atoms with Gasteiger partial charge >= 0.3 is 0 Å². The van der Waals surface area contributed by atoms with E-state index in [1.54, 1.807) is 6.92 Å². The summed E-state index contributed by atoms with van der Waals surface area (Å²) < 4.78 is 0. The van der Waals surface area contributed by atoms with Crippen LogP contribution in [-0.2, 0) is 4.79 Å². The summed E-state index contributed by atoms with van der Waals surface area (Å²) in [5.41, 5.74) is 0. The largest absolute Gasteiger partial charge is 0.312 e. The molecule has 0 N–H and O–H groups in total. The van der Waals surface area contributed by atoms with Gasteiger partial charge in [0.2, 0.25) is 0 Å². The zero-order chi connectivity index (χ0) is 9.44. The number of hydrogen-bond donors (Lipinski definition) is 0. The van der Waals surface area contributed by atoms with E-state index in [2.05, 4.69) is 0 Å². The molecule has 0 bridgehead atoms. The highest BCUT2D eigenvalue weighted by Crippen LogP contribution is 1.97. The van der Waals surface area contributed by atoms with E-state index in [4.69, 9.17) is 0 Å². The lowest BCUT2D eigenvalue weighted by molar-refractivity contribution is -0.117. The monoisotopic (exact) mass is 159 g/mol. The molecule has 68 valence electrons. The molecule has 0 saturated carbocycles. The third-order valence-electron chi connectivity index (χ3n) is 0.696. The molecule has 0 atom stereocenters. The number of carbonyl (C=O) groups is 1. The van der Waals surface area contributed by atoms with Crippen LogP contribution in [0.15, 0.2) is 0 Å². The molecule has 0 rings (SSSR count). The van der Waals surface area contributed by atoms with Crippen molar-refractivity contribution in [2.45, 2.75) is 27.2 Å². The third kappa shape index (κ3) is 42.5. The Labute approximate surface area is 70.6 Å². The minimum Gasteiger partial charge on any atom is -0.312 e. The van der Waals surface area contributed by atoms with Gasteiger partial charge < -0.3 is 9.69 Å². The summed E-state index contributed by atoms with van der Waals surface area (Å²) in [5, 5.41) is 0. The molecule has 0 aromatic carbocycles. The summed E-state index contributed by atoms with van der Waals surface area (Å²) in [6.45, 7) is 5.71. The summed E-state index contributed by atoms with van der Waals surface area (Å²) in [6, 6.07) is 0. The Morgan fingerprint density at radius 2 is 1.55 bits per heavy atom. The number of carbonyl (C=O) groups excluding carboxylic acids is 1. The van der Waals surface area contributed by atoms with Crippen molar-refractivity contribution in [3.8, 4) is 0 Å². The molecule has 0 spiro atoms. The van der Waals surface area contributed by atoms with Crippen LogP contribution in [0.2, 0.25) is 0 Å². The Kier molecular flexibility index (Phi) is 9.31. The van der Waals surface area contributed by atoms with E-state index in [-0.39, 0.29) is 5.78 Å². The van der Waals surface area contributed by atoms with Crippen LogP contribution in [0.5, 0.6) is 0 Å². The first kappa shape index (κ1) is 13.2. The second-order valence-electron chi connectivity index (χ2n) is 3.64. The average molecular weight is 159 g/mol. The van der Waals surface area contributed by atoms with Crippen molar-refractivity contribution < 1.29 is 4.79 Å². The van der Waals surface area contributed by atoms with Crippen molar-refractivity contribution in [2.24, 2.45) is 5.92 Å². The van der Waals surface area contributed by atoms with Crippen molar-refractivity contribution in [3.63, 3.8) is 0 Å². The van der Waals surface area contributed by atoms with E-state index in [9.17, 15) is 4.79 Å². The molecule has 0 fully saturated rings. The SMILES string of the molecule is CC(=O)CC(C)C.CN(C)C. The quantitative estimate of drug-likeness (QED) is 0.612. The Morgan fingerprint density at radius 3 is 1.55 bits per heavy atom. The van der Waals surface area contributed by atoms with E-state index in [0.29, 0.717) is 5.92 Å². The molecule has 11 heavy (non-hydrogen) atoms. The average Bonchev–Trinajstić information content (AvgIpc) is 1.56. The van der Waals surface area contributed by atoms with Crippen molar-refractivity contribution in [1.29, 1.82) is 0 Å². The molecule has 0 amide bonds. The van der Waals surface area contributed by atoms with Gasteiger partial charge in [-0.25, -0.2) is 0 Å². The van der Waals surface area contributed by atoms with E-state index >= 15 is 0 Å². The van der Waals surface area contributed by atoms with Crippen LogP contribution < -0.4 is 0 Å². The van der Waals surface area contributed by atoms with Crippen LogP contribution in [0.25, 0.3) is 0 Å². The fourth-order valence-electron chi connectivity index (χ4n) is 0.575. The Morgan fingerprint density at radius 1 is 1.27 bits per heavy atom. The van der Waals surface area contributed by atoms with Crippen LogP contribution in [0, 0.1) is 5.92 Å². The molecular weight excluding hydrogens is 138 g/mol. The van der Waals surface area contributed by atoms with E-state index in [1.165, 1.54) is 0 Å². The zero-order valence-corrected chi connectivity index (χ0v) is 8.64. The topological polar surface area (TPSA) is 20.3 Å². The fraction of sp³-hybridized carbons (Fsp3) is 0.889. The second kappa shape index (κ2) is 7.73. The Balaban J connectivity index is 0. The van der Waals surface area contributed by atoms with Gasteiger partial charge in [-0.05, 0) is 34.0 Å². The summed E-state index contributed by atoms with van der Waals surface area (Å²) in [4.78, 5) is 12.3. The number of rotatable bonds is 2. The molecule has 0 radical (unpaired) electrons. The van der Waals surface area contributed by atoms with Gasteiger partial charge in [0.05, 0.1) is 0 Å². The molecule has 0 aromatic heterocycles. The number of ketones is 1.